The van der Waals surface area contributed by atoms with E-state index in [0.717, 1.165) is 130 Å². The van der Waals surface area contributed by atoms with Crippen molar-refractivity contribution in [2.45, 2.75) is 283 Å². The second-order valence-corrected chi connectivity index (χ2v) is 30.0. The number of hydrogen-bond acceptors (Lipinski definition) is 0. The van der Waals surface area contributed by atoms with Crippen LogP contribution in [0.1, 0.15) is 283 Å². The zero-order valence-electron chi connectivity index (χ0n) is 47.7. The lowest BCUT2D eigenvalue weighted by molar-refractivity contribution is -0.107. The first kappa shape index (κ1) is 55.3. The van der Waals surface area contributed by atoms with Crippen LogP contribution >= 0.6 is 0 Å². The van der Waals surface area contributed by atoms with Gasteiger partial charge in [0.1, 0.15) is 0 Å². The molecule has 0 heterocycles. The summed E-state index contributed by atoms with van der Waals surface area (Å²) >= 11 is 0. The highest BCUT2D eigenvalue weighted by atomic mass is 14.6. The summed E-state index contributed by atoms with van der Waals surface area (Å²) in [6.45, 7) is 33.9. The molecule has 0 spiro atoms. The van der Waals surface area contributed by atoms with Gasteiger partial charge in [0.05, 0.1) is 0 Å². The molecule has 0 amide bonds. The Morgan fingerprint density at radius 2 is 0.758 bits per heavy atom. The summed E-state index contributed by atoms with van der Waals surface area (Å²) in [5.41, 5.74) is 0.694. The molecular weight excluding hydrogens is 793 g/mol. The number of fused-ring (bicyclic) bond motifs is 10. The first-order valence-corrected chi connectivity index (χ1v) is 31.4. The van der Waals surface area contributed by atoms with Crippen LogP contribution < -0.4 is 0 Å². The van der Waals surface area contributed by atoms with E-state index in [4.69, 9.17) is 0 Å². The van der Waals surface area contributed by atoms with Crippen molar-refractivity contribution in [3.63, 3.8) is 0 Å². The quantitative estimate of drug-likeness (QED) is 0.228. The molecule has 0 saturated heterocycles. The van der Waals surface area contributed by atoms with Crippen molar-refractivity contribution < 1.29 is 0 Å². The van der Waals surface area contributed by atoms with Gasteiger partial charge in [-0.25, -0.2) is 0 Å². The topological polar surface area (TPSA) is 0 Å². The Bertz CT molecular complexity index is 1270. The Kier molecular flexibility index (Phi) is 21.9. The van der Waals surface area contributed by atoms with E-state index in [-0.39, 0.29) is 0 Å². The van der Waals surface area contributed by atoms with E-state index in [0.29, 0.717) is 5.41 Å². The molecule has 11 rings (SSSR count). The summed E-state index contributed by atoms with van der Waals surface area (Å²) in [7, 11) is 0. The molecular formula is C66H122. The highest BCUT2D eigenvalue weighted by Crippen LogP contribution is 2.62. The third-order valence-electron chi connectivity index (χ3n) is 22.7. The zero-order chi connectivity index (χ0) is 47.7. The molecule has 17 atom stereocenters. The molecule has 11 fully saturated rings. The molecule has 386 valence electrons. The van der Waals surface area contributed by atoms with Crippen molar-refractivity contribution in [1.82, 2.24) is 0 Å². The normalized spacial score (nSPS) is 42.0. The molecule has 0 heteroatoms. The predicted molar refractivity (Wildman–Crippen MR) is 293 cm³/mol. The fraction of sp³-hybridized carbons (Fsp3) is 1.00. The van der Waals surface area contributed by atoms with E-state index in [2.05, 4.69) is 96.9 Å². The maximum atomic E-state index is 2.51. The van der Waals surface area contributed by atoms with Crippen LogP contribution in [0.15, 0.2) is 0 Å². The Hall–Kier alpha value is 0. The van der Waals surface area contributed by atoms with Gasteiger partial charge in [0.15, 0.2) is 0 Å². The molecule has 0 N–H and O–H groups in total. The van der Waals surface area contributed by atoms with Crippen LogP contribution in [0.25, 0.3) is 0 Å². The first-order valence-electron chi connectivity index (χ1n) is 31.4. The highest BCUT2D eigenvalue weighted by molar-refractivity contribution is 5.03. The van der Waals surface area contributed by atoms with Gasteiger partial charge in [-0.15, -0.1) is 0 Å². The molecule has 0 radical (unpaired) electrons. The van der Waals surface area contributed by atoms with Gasteiger partial charge in [-0.1, -0.05) is 155 Å². The summed E-state index contributed by atoms with van der Waals surface area (Å²) < 4.78 is 0. The number of hydrogen-bond donors (Lipinski definition) is 0. The van der Waals surface area contributed by atoms with Crippen LogP contribution in [0.5, 0.6) is 0 Å². The van der Waals surface area contributed by atoms with Gasteiger partial charge in [-0.3, -0.25) is 0 Å². The zero-order valence-corrected chi connectivity index (χ0v) is 47.7. The van der Waals surface area contributed by atoms with Crippen LogP contribution in [0, 0.1) is 136 Å². The minimum Gasteiger partial charge on any atom is -0.0651 e. The first-order chi connectivity index (χ1) is 31.4. The van der Waals surface area contributed by atoms with E-state index in [1.165, 1.54) is 64.2 Å². The summed E-state index contributed by atoms with van der Waals surface area (Å²) in [6, 6.07) is 0. The maximum Gasteiger partial charge on any atom is -0.0295 e. The van der Waals surface area contributed by atoms with Gasteiger partial charge in [0.25, 0.3) is 0 Å². The average molecular weight is 916 g/mol. The fourth-order valence-corrected chi connectivity index (χ4v) is 18.4. The van der Waals surface area contributed by atoms with Crippen molar-refractivity contribution in [3.8, 4) is 0 Å². The fourth-order valence-electron chi connectivity index (χ4n) is 18.4. The Labute approximate surface area is 416 Å². The molecule has 10 bridgehead atoms. The van der Waals surface area contributed by atoms with Crippen molar-refractivity contribution >= 4 is 0 Å². The lowest BCUT2D eigenvalue weighted by Gasteiger charge is -2.60. The Balaban J connectivity index is 0.000000137. The maximum absolute atomic E-state index is 2.51. The highest BCUT2D eigenvalue weighted by Gasteiger charge is 2.53. The second kappa shape index (κ2) is 26.1. The molecule has 0 aromatic rings. The van der Waals surface area contributed by atoms with Crippen LogP contribution in [0.3, 0.4) is 0 Å². The van der Waals surface area contributed by atoms with Gasteiger partial charge in [-0.05, 0) is 264 Å². The predicted octanol–water partition coefficient (Wildman–Crippen LogP) is 21.2. The summed E-state index contributed by atoms with van der Waals surface area (Å²) in [5.74, 6) is 23.0. The molecule has 11 saturated carbocycles. The van der Waals surface area contributed by atoms with Gasteiger partial charge in [0.2, 0.25) is 0 Å². The number of rotatable bonds is 8. The molecule has 0 nitrogen and oxygen atoms in total. The van der Waals surface area contributed by atoms with Crippen molar-refractivity contribution in [3.05, 3.63) is 0 Å². The van der Waals surface area contributed by atoms with E-state index < -0.39 is 0 Å². The Morgan fingerprint density at radius 3 is 1.11 bits per heavy atom. The second-order valence-electron chi connectivity index (χ2n) is 30.0. The van der Waals surface area contributed by atoms with E-state index in [1.807, 2.05) is 0 Å². The van der Waals surface area contributed by atoms with Gasteiger partial charge in [-0.2, -0.15) is 0 Å². The lowest BCUT2D eigenvalue weighted by Crippen LogP contribution is -2.52. The molecule has 0 aromatic carbocycles. The standard InChI is InChI=1S/2C14H26.2C13H24.C12H22/c1-10(2)5-6-11-7-8-12-9-13(11)14(12,3)4;1-4-11-5-12-7-13(6-11)9-14(8-12)10(2)3;1-9(2)13-7-11-4-10(3)5-12(6-11)8-13;1-10(2)13-8-11-5-3-4-6-12(7-11)9-13;1-9(2)12-7-10-4-3-5-11(6-10)8-12/h10-13H,5-9H2,1-4H3;10-14H,4-9H2,1-3H3;9-13H,4-8H2,1-3H3;10-13H,3-9H2,1-2H3;9-12H,3-8H2,1-2H3/t11-,12+,13+;11?,12-,13+,14?;10?,11-,12+,13?;11-,12+,13?;10-,11+,12?/m1..../s1. The van der Waals surface area contributed by atoms with Gasteiger partial charge in [0, 0.05) is 0 Å². The monoisotopic (exact) mass is 915 g/mol. The van der Waals surface area contributed by atoms with Gasteiger partial charge < -0.3 is 0 Å². The van der Waals surface area contributed by atoms with Crippen molar-refractivity contribution in [1.29, 1.82) is 0 Å². The summed E-state index contributed by atoms with van der Waals surface area (Å²) in [5, 5.41) is 0. The average Bonchev–Trinajstić information content (AvgIpc) is 3.44. The van der Waals surface area contributed by atoms with Gasteiger partial charge >= 0.3 is 0 Å². The molecule has 11 aliphatic rings. The van der Waals surface area contributed by atoms with Crippen LogP contribution in [0.4, 0.5) is 0 Å². The van der Waals surface area contributed by atoms with Crippen LogP contribution in [0.2, 0.25) is 0 Å². The molecule has 0 aromatic heterocycles. The summed E-state index contributed by atoms with van der Waals surface area (Å²) in [4.78, 5) is 0. The largest absolute Gasteiger partial charge is 0.0651 e. The minimum absolute atomic E-state index is 0.694. The van der Waals surface area contributed by atoms with E-state index >= 15 is 0 Å². The van der Waals surface area contributed by atoms with Crippen LogP contribution in [-0.4, -0.2) is 0 Å². The molecule has 0 aliphatic heterocycles. The summed E-state index contributed by atoms with van der Waals surface area (Å²) in [6.07, 6.45) is 44.5. The molecule has 66 heavy (non-hydrogen) atoms. The smallest absolute Gasteiger partial charge is 0.0295 e. The van der Waals surface area contributed by atoms with E-state index in [1.54, 1.807) is 122 Å². The minimum atomic E-state index is 0.694. The van der Waals surface area contributed by atoms with E-state index in [9.17, 15) is 0 Å². The third kappa shape index (κ3) is 16.3. The third-order valence-corrected chi connectivity index (χ3v) is 22.7. The van der Waals surface area contributed by atoms with Crippen molar-refractivity contribution in [2.24, 2.45) is 136 Å². The molecule has 6 unspecified atom stereocenters. The van der Waals surface area contributed by atoms with Crippen molar-refractivity contribution in [2.75, 3.05) is 0 Å². The molecule has 11 aliphatic carbocycles. The SMILES string of the molecule is CC(C)C1C[C@H]2CCCC[C@@H](C1)C2.CC(C)C1C[C@H]2CCC[C@@H](C1)C2.CC(C)CC[C@@H]1CC[C@H]2C[C@@H]1C2(C)C.CC1C[C@@H]2CC(C(C)C)C[C@H](C1)C2.CCC1C[C@@H]2CC(C(C)C)C[C@H](C1)C2. The Morgan fingerprint density at radius 1 is 0.394 bits per heavy atom. The van der Waals surface area contributed by atoms with Crippen LogP contribution in [-0.2, 0) is 0 Å². The lowest BCUT2D eigenvalue weighted by atomic mass is 9.45.